The maximum atomic E-state index is 13.4. The highest BCUT2D eigenvalue weighted by molar-refractivity contribution is 5.91. The zero-order valence-electron chi connectivity index (χ0n) is 8.66. The first-order valence-corrected chi connectivity index (χ1v) is 4.64. The van der Waals surface area contributed by atoms with E-state index in [0.717, 1.165) is 6.07 Å². The predicted molar refractivity (Wildman–Crippen MR) is 53.0 cm³/mol. The first kappa shape index (κ1) is 12.1. The molecule has 0 saturated carbocycles. The molecule has 1 rings (SSSR count). The summed E-state index contributed by atoms with van der Waals surface area (Å²) in [6, 6.07) is 3.89. The maximum absolute atomic E-state index is 13.4. The quantitative estimate of drug-likeness (QED) is 0.785. The molecule has 0 radical (unpaired) electrons. The number of aliphatic hydroxyl groups is 1. The van der Waals surface area contributed by atoms with Crippen LogP contribution in [0, 0.1) is 17.1 Å². The number of nitriles is 1. The lowest BCUT2D eigenvalue weighted by molar-refractivity contribution is 0.0522. The number of rotatable bonds is 3. The number of benzene rings is 1. The highest BCUT2D eigenvalue weighted by Crippen LogP contribution is 2.17. The molecule has 1 aromatic rings. The Morgan fingerprint density at radius 3 is 2.81 bits per heavy atom. The molecule has 84 valence electrons. The minimum absolute atomic E-state index is 0.0118. The fourth-order valence-corrected chi connectivity index (χ4v) is 1.25. The van der Waals surface area contributed by atoms with Crippen LogP contribution in [0.5, 0.6) is 0 Å². The monoisotopic (exact) mass is 223 g/mol. The number of halogens is 1. The van der Waals surface area contributed by atoms with Gasteiger partial charge in [-0.3, -0.25) is 0 Å². The minimum atomic E-state index is -0.787. The lowest BCUT2D eigenvalue weighted by atomic mass is 10.0. The van der Waals surface area contributed by atoms with Crippen LogP contribution in [0.25, 0.3) is 0 Å². The van der Waals surface area contributed by atoms with E-state index < -0.39 is 18.4 Å². The average Bonchev–Trinajstić information content (AvgIpc) is 2.28. The van der Waals surface area contributed by atoms with Crippen LogP contribution in [-0.2, 0) is 11.3 Å². The molecule has 1 N–H and O–H groups in total. The van der Waals surface area contributed by atoms with E-state index in [1.807, 2.05) is 0 Å². The van der Waals surface area contributed by atoms with Crippen LogP contribution in [0.4, 0.5) is 4.39 Å². The van der Waals surface area contributed by atoms with Gasteiger partial charge in [0.25, 0.3) is 0 Å². The number of hydrogen-bond donors (Lipinski definition) is 1. The molecule has 0 fully saturated rings. The Hall–Kier alpha value is -1.93. The summed E-state index contributed by atoms with van der Waals surface area (Å²) in [5.74, 6) is -1.54. The van der Waals surface area contributed by atoms with Crippen molar-refractivity contribution in [1.82, 2.24) is 0 Å². The van der Waals surface area contributed by atoms with Gasteiger partial charge < -0.3 is 9.84 Å². The van der Waals surface area contributed by atoms with E-state index in [1.54, 1.807) is 13.0 Å². The van der Waals surface area contributed by atoms with Crippen LogP contribution in [-0.4, -0.2) is 17.7 Å². The van der Waals surface area contributed by atoms with Gasteiger partial charge in [0.15, 0.2) is 0 Å². The van der Waals surface area contributed by atoms with Gasteiger partial charge in [-0.1, -0.05) is 0 Å². The Bertz CT molecular complexity index is 451. The number of esters is 1. The zero-order chi connectivity index (χ0) is 12.1. The molecule has 0 unspecified atom stereocenters. The van der Waals surface area contributed by atoms with Gasteiger partial charge in [0.05, 0.1) is 30.4 Å². The summed E-state index contributed by atoms with van der Waals surface area (Å²) >= 11 is 0. The standard InChI is InChI=1S/C11H10FNO3/c1-2-16-11(15)8-3-7(5-13)4-10(12)9(8)6-14/h3-4,14H,2,6H2,1H3. The molecular formula is C11H10FNO3. The third kappa shape index (κ3) is 2.35. The van der Waals surface area contributed by atoms with Crippen molar-refractivity contribution in [2.45, 2.75) is 13.5 Å². The molecule has 5 heteroatoms. The van der Waals surface area contributed by atoms with E-state index in [-0.39, 0.29) is 23.3 Å². The summed E-state index contributed by atoms with van der Waals surface area (Å²) < 4.78 is 18.1. The van der Waals surface area contributed by atoms with E-state index >= 15 is 0 Å². The molecule has 0 spiro atoms. The molecule has 0 heterocycles. The Labute approximate surface area is 91.9 Å². The SMILES string of the molecule is CCOC(=O)c1cc(C#N)cc(F)c1CO. The van der Waals surface area contributed by atoms with Gasteiger partial charge in [0.1, 0.15) is 5.82 Å². The van der Waals surface area contributed by atoms with E-state index in [2.05, 4.69) is 0 Å². The number of carbonyl (C=O) groups is 1. The first-order valence-electron chi connectivity index (χ1n) is 4.64. The number of hydrogen-bond acceptors (Lipinski definition) is 4. The van der Waals surface area contributed by atoms with Crippen molar-refractivity contribution in [2.24, 2.45) is 0 Å². The van der Waals surface area contributed by atoms with Gasteiger partial charge in [0.2, 0.25) is 0 Å². The Morgan fingerprint density at radius 2 is 2.31 bits per heavy atom. The summed E-state index contributed by atoms with van der Waals surface area (Å²) in [5.41, 5.74) is -0.254. The molecule has 16 heavy (non-hydrogen) atoms. The van der Waals surface area contributed by atoms with Gasteiger partial charge in [-0.05, 0) is 19.1 Å². The molecule has 0 aromatic heterocycles. The number of aliphatic hydroxyl groups excluding tert-OH is 1. The highest BCUT2D eigenvalue weighted by Gasteiger charge is 2.17. The number of ether oxygens (including phenoxy) is 1. The second-order valence-electron chi connectivity index (χ2n) is 2.97. The summed E-state index contributed by atoms with van der Waals surface area (Å²) in [4.78, 5) is 11.4. The molecule has 0 aliphatic carbocycles. The summed E-state index contributed by atoms with van der Waals surface area (Å²) in [7, 11) is 0. The zero-order valence-corrected chi connectivity index (χ0v) is 8.66. The molecule has 4 nitrogen and oxygen atoms in total. The molecular weight excluding hydrogens is 213 g/mol. The average molecular weight is 223 g/mol. The van der Waals surface area contributed by atoms with Crippen LogP contribution in [0.3, 0.4) is 0 Å². The van der Waals surface area contributed by atoms with E-state index in [1.165, 1.54) is 6.07 Å². The van der Waals surface area contributed by atoms with Crippen LogP contribution in [0.15, 0.2) is 12.1 Å². The van der Waals surface area contributed by atoms with Crippen LogP contribution in [0.1, 0.15) is 28.4 Å². The van der Waals surface area contributed by atoms with E-state index in [0.29, 0.717) is 0 Å². The fraction of sp³-hybridized carbons (Fsp3) is 0.273. The van der Waals surface area contributed by atoms with E-state index in [4.69, 9.17) is 15.1 Å². The lowest BCUT2D eigenvalue weighted by Gasteiger charge is -2.08. The summed E-state index contributed by atoms with van der Waals surface area (Å²) in [5, 5.41) is 17.6. The van der Waals surface area contributed by atoms with Crippen molar-refractivity contribution in [3.8, 4) is 6.07 Å². The fourth-order valence-electron chi connectivity index (χ4n) is 1.25. The molecule has 0 bridgehead atoms. The molecule has 0 amide bonds. The third-order valence-corrected chi connectivity index (χ3v) is 1.98. The maximum Gasteiger partial charge on any atom is 0.338 e. The first-order chi connectivity index (χ1) is 7.63. The molecule has 0 atom stereocenters. The Balaban J connectivity index is 3.29. The van der Waals surface area contributed by atoms with Crippen LogP contribution < -0.4 is 0 Å². The molecule has 1 aromatic carbocycles. The van der Waals surface area contributed by atoms with Gasteiger partial charge in [0, 0.05) is 5.56 Å². The summed E-state index contributed by atoms with van der Waals surface area (Å²) in [6.07, 6.45) is 0. The van der Waals surface area contributed by atoms with Gasteiger partial charge in [-0.15, -0.1) is 0 Å². The largest absolute Gasteiger partial charge is 0.462 e. The topological polar surface area (TPSA) is 70.3 Å². The van der Waals surface area contributed by atoms with Gasteiger partial charge in [-0.2, -0.15) is 5.26 Å². The molecule has 0 saturated heterocycles. The lowest BCUT2D eigenvalue weighted by Crippen LogP contribution is -2.10. The predicted octanol–water partition coefficient (Wildman–Crippen LogP) is 1.37. The van der Waals surface area contributed by atoms with Crippen molar-refractivity contribution >= 4 is 5.97 Å². The summed E-state index contributed by atoms with van der Waals surface area (Å²) in [6.45, 7) is 1.13. The highest BCUT2D eigenvalue weighted by atomic mass is 19.1. The smallest absolute Gasteiger partial charge is 0.338 e. The van der Waals surface area contributed by atoms with Crippen molar-refractivity contribution in [2.75, 3.05) is 6.61 Å². The normalized spacial score (nSPS) is 9.62. The van der Waals surface area contributed by atoms with Crippen LogP contribution >= 0.6 is 0 Å². The van der Waals surface area contributed by atoms with Crippen molar-refractivity contribution in [1.29, 1.82) is 5.26 Å². The number of nitrogens with zero attached hydrogens (tertiary/aromatic N) is 1. The molecule has 0 aliphatic heterocycles. The van der Waals surface area contributed by atoms with Crippen LogP contribution in [0.2, 0.25) is 0 Å². The second kappa shape index (κ2) is 5.24. The van der Waals surface area contributed by atoms with Gasteiger partial charge in [-0.25, -0.2) is 9.18 Å². The molecule has 0 aliphatic rings. The van der Waals surface area contributed by atoms with E-state index in [9.17, 15) is 9.18 Å². The Kier molecular flexibility index (Phi) is 3.97. The van der Waals surface area contributed by atoms with Gasteiger partial charge >= 0.3 is 5.97 Å². The van der Waals surface area contributed by atoms with Crippen molar-refractivity contribution in [3.05, 3.63) is 34.6 Å². The second-order valence-corrected chi connectivity index (χ2v) is 2.97. The minimum Gasteiger partial charge on any atom is -0.462 e. The number of carbonyl (C=O) groups excluding carboxylic acids is 1. The third-order valence-electron chi connectivity index (χ3n) is 1.98. The van der Waals surface area contributed by atoms with Crippen molar-refractivity contribution in [3.63, 3.8) is 0 Å². The Morgan fingerprint density at radius 1 is 1.62 bits per heavy atom. The van der Waals surface area contributed by atoms with Crippen molar-refractivity contribution < 1.29 is 19.0 Å².